The molecule has 37 heavy (non-hydrogen) atoms. The molecule has 0 spiro atoms. The van der Waals surface area contributed by atoms with Gasteiger partial charge in [0.15, 0.2) is 0 Å². The molecule has 0 amide bonds. The van der Waals surface area contributed by atoms with Crippen molar-refractivity contribution in [3.8, 4) is 5.75 Å². The minimum absolute atomic E-state index is 0.00445. The monoisotopic (exact) mass is 520 g/mol. The van der Waals surface area contributed by atoms with Crippen LogP contribution < -0.4 is 10.1 Å². The molecule has 4 rings (SSSR count). The van der Waals surface area contributed by atoms with E-state index in [0.29, 0.717) is 16.7 Å². The third-order valence-corrected chi connectivity index (χ3v) is 6.88. The van der Waals surface area contributed by atoms with Gasteiger partial charge in [0.25, 0.3) is 15.7 Å². The Morgan fingerprint density at radius 2 is 1.65 bits per heavy atom. The molecule has 0 unspecified atom stereocenters. The van der Waals surface area contributed by atoms with Crippen LogP contribution in [0.15, 0.2) is 88.9 Å². The number of hydrogen-bond acceptors (Lipinski definition) is 8. The molecule has 0 atom stereocenters. The molecule has 0 saturated carbocycles. The lowest BCUT2D eigenvalue weighted by Crippen LogP contribution is -2.16. The van der Waals surface area contributed by atoms with E-state index in [4.69, 9.17) is 0 Å². The van der Waals surface area contributed by atoms with Gasteiger partial charge in [-0.05, 0) is 42.6 Å². The number of para-hydroxylation sites is 1. The van der Waals surface area contributed by atoms with Crippen LogP contribution in [0.4, 0.5) is 17.1 Å². The minimum Gasteiger partial charge on any atom is -0.507 e. The predicted molar refractivity (Wildman–Crippen MR) is 139 cm³/mol. The Labute approximate surface area is 210 Å². The van der Waals surface area contributed by atoms with Crippen molar-refractivity contribution in [1.82, 2.24) is 0 Å². The van der Waals surface area contributed by atoms with Gasteiger partial charge >= 0.3 is 5.97 Å². The van der Waals surface area contributed by atoms with Crippen LogP contribution in [0.2, 0.25) is 0 Å². The van der Waals surface area contributed by atoms with E-state index in [1.807, 2.05) is 12.1 Å². The van der Waals surface area contributed by atoms with Gasteiger partial charge in [-0.2, -0.15) is 5.10 Å². The molecule has 0 aliphatic heterocycles. The fourth-order valence-electron chi connectivity index (χ4n) is 3.64. The van der Waals surface area contributed by atoms with Crippen LogP contribution in [-0.2, 0) is 10.0 Å². The van der Waals surface area contributed by atoms with Crippen molar-refractivity contribution >= 4 is 49.5 Å². The highest BCUT2D eigenvalue weighted by Gasteiger charge is 2.23. The predicted octanol–water partition coefficient (Wildman–Crippen LogP) is 4.79. The summed E-state index contributed by atoms with van der Waals surface area (Å²) in [5, 5.41) is 37.2. The van der Waals surface area contributed by atoms with E-state index in [0.717, 1.165) is 17.5 Å². The van der Waals surface area contributed by atoms with E-state index < -0.39 is 31.5 Å². The average Bonchev–Trinajstić information content (AvgIpc) is 2.87. The molecule has 12 heteroatoms. The van der Waals surface area contributed by atoms with Crippen LogP contribution in [0.1, 0.15) is 22.8 Å². The maximum absolute atomic E-state index is 12.9. The molecule has 0 aliphatic rings. The van der Waals surface area contributed by atoms with Crippen LogP contribution in [0.25, 0.3) is 10.8 Å². The third-order valence-electron chi connectivity index (χ3n) is 5.51. The lowest BCUT2D eigenvalue weighted by atomic mass is 10.0. The first-order valence-corrected chi connectivity index (χ1v) is 12.2. The van der Waals surface area contributed by atoms with E-state index in [1.54, 1.807) is 31.2 Å². The number of hydrogen-bond donors (Lipinski definition) is 4. The molecule has 0 radical (unpaired) electrons. The topological polar surface area (TPSA) is 171 Å². The summed E-state index contributed by atoms with van der Waals surface area (Å²) in [4.78, 5) is 21.9. The van der Waals surface area contributed by atoms with E-state index in [2.05, 4.69) is 15.2 Å². The second kappa shape index (κ2) is 9.95. The molecule has 0 saturated heterocycles. The standard InChI is InChI=1S/C25H20N4O7S/c1-15(18-12-10-16-6-2-3-7-19(16)24(18)30)26-27-22-13-11-17(14-23(22)29(33)34)37(35,36)28-21-9-5-4-8-20(21)25(31)32/h2-14,27-28,30H,1H3,(H,31,32). The Kier molecular flexibility index (Phi) is 6.76. The summed E-state index contributed by atoms with van der Waals surface area (Å²) < 4.78 is 27.9. The molecular formula is C25H20N4O7S. The molecule has 4 aromatic rings. The first kappa shape index (κ1) is 25.1. The number of sulfonamides is 1. The van der Waals surface area contributed by atoms with Gasteiger partial charge in [0.2, 0.25) is 0 Å². The number of nitrogens with zero attached hydrogens (tertiary/aromatic N) is 2. The van der Waals surface area contributed by atoms with Crippen molar-refractivity contribution in [3.05, 3.63) is 100 Å². The van der Waals surface area contributed by atoms with Gasteiger partial charge in [-0.25, -0.2) is 13.2 Å². The fraction of sp³-hybridized carbons (Fsp3) is 0.0400. The zero-order valence-corrected chi connectivity index (χ0v) is 20.1. The molecular weight excluding hydrogens is 500 g/mol. The molecule has 0 aliphatic carbocycles. The number of aromatic carboxylic acids is 1. The Hall–Kier alpha value is -4.97. The number of nitro benzene ring substituents is 1. The summed E-state index contributed by atoms with van der Waals surface area (Å²) in [5.41, 5.74) is 2.18. The number of phenols is 1. The zero-order valence-electron chi connectivity index (χ0n) is 19.2. The highest BCUT2D eigenvalue weighted by molar-refractivity contribution is 7.92. The summed E-state index contributed by atoms with van der Waals surface area (Å²) in [6.07, 6.45) is 0. The number of fused-ring (bicyclic) bond motifs is 1. The van der Waals surface area contributed by atoms with E-state index >= 15 is 0 Å². The zero-order chi connectivity index (χ0) is 26.7. The second-order valence-corrected chi connectivity index (χ2v) is 9.57. The summed E-state index contributed by atoms with van der Waals surface area (Å²) in [5.74, 6) is -1.33. The number of phenolic OH excluding ortho intramolecular Hbond substituents is 1. The van der Waals surface area contributed by atoms with Crippen LogP contribution >= 0.6 is 0 Å². The number of carboxylic acid groups (broad SMARTS) is 1. The van der Waals surface area contributed by atoms with Crippen LogP contribution in [0.5, 0.6) is 5.75 Å². The van der Waals surface area contributed by atoms with Crippen molar-refractivity contribution in [2.24, 2.45) is 5.10 Å². The maximum Gasteiger partial charge on any atom is 0.337 e. The first-order chi connectivity index (χ1) is 17.6. The first-order valence-electron chi connectivity index (χ1n) is 10.7. The smallest absolute Gasteiger partial charge is 0.337 e. The van der Waals surface area contributed by atoms with Gasteiger partial charge in [-0.1, -0.05) is 42.5 Å². The summed E-state index contributed by atoms with van der Waals surface area (Å²) in [6, 6.07) is 19.2. The summed E-state index contributed by atoms with van der Waals surface area (Å²) in [6.45, 7) is 1.60. The Bertz CT molecular complexity index is 1680. The van der Waals surface area contributed by atoms with Gasteiger partial charge in [0.05, 0.1) is 26.8 Å². The van der Waals surface area contributed by atoms with Crippen LogP contribution in [-0.4, -0.2) is 35.2 Å². The van der Waals surface area contributed by atoms with Crippen molar-refractivity contribution in [2.45, 2.75) is 11.8 Å². The van der Waals surface area contributed by atoms with Gasteiger partial charge in [0, 0.05) is 17.0 Å². The average molecular weight is 521 g/mol. The molecule has 11 nitrogen and oxygen atoms in total. The van der Waals surface area contributed by atoms with Gasteiger partial charge in [-0.15, -0.1) is 0 Å². The number of benzene rings is 4. The highest BCUT2D eigenvalue weighted by Crippen LogP contribution is 2.31. The lowest BCUT2D eigenvalue weighted by molar-refractivity contribution is -0.384. The number of anilines is 2. The Morgan fingerprint density at radius 1 is 0.946 bits per heavy atom. The molecule has 188 valence electrons. The molecule has 0 heterocycles. The summed E-state index contributed by atoms with van der Waals surface area (Å²) >= 11 is 0. The van der Waals surface area contributed by atoms with Crippen LogP contribution in [0.3, 0.4) is 0 Å². The summed E-state index contributed by atoms with van der Waals surface area (Å²) in [7, 11) is -4.36. The van der Waals surface area contributed by atoms with Crippen molar-refractivity contribution in [1.29, 1.82) is 0 Å². The molecule has 0 fully saturated rings. The van der Waals surface area contributed by atoms with E-state index in [1.165, 1.54) is 30.3 Å². The Morgan fingerprint density at radius 3 is 2.38 bits per heavy atom. The Balaban J connectivity index is 1.64. The number of carbonyl (C=O) groups is 1. The van der Waals surface area contributed by atoms with Crippen molar-refractivity contribution in [2.75, 3.05) is 10.1 Å². The normalized spacial score (nSPS) is 11.8. The van der Waals surface area contributed by atoms with Crippen molar-refractivity contribution in [3.63, 3.8) is 0 Å². The fourth-order valence-corrected chi connectivity index (χ4v) is 4.74. The SMILES string of the molecule is CC(=NNc1ccc(S(=O)(=O)Nc2ccccc2C(=O)O)cc1[N+](=O)[O-])c1ccc2ccccc2c1O. The third kappa shape index (κ3) is 5.18. The minimum atomic E-state index is -4.36. The molecule has 0 bridgehead atoms. The number of nitrogens with one attached hydrogen (secondary N) is 2. The maximum atomic E-state index is 12.9. The number of carboxylic acids is 1. The van der Waals surface area contributed by atoms with Crippen LogP contribution in [0, 0.1) is 10.1 Å². The largest absolute Gasteiger partial charge is 0.507 e. The second-order valence-electron chi connectivity index (χ2n) is 7.88. The highest BCUT2D eigenvalue weighted by atomic mass is 32.2. The quantitative estimate of drug-likeness (QED) is 0.146. The number of aromatic hydroxyl groups is 1. The van der Waals surface area contributed by atoms with E-state index in [9.17, 15) is 33.5 Å². The molecule has 4 aromatic carbocycles. The van der Waals surface area contributed by atoms with Gasteiger partial charge in [0.1, 0.15) is 11.4 Å². The molecule has 0 aromatic heterocycles. The number of hydrazone groups is 1. The van der Waals surface area contributed by atoms with E-state index in [-0.39, 0.29) is 22.7 Å². The van der Waals surface area contributed by atoms with Gasteiger partial charge < -0.3 is 10.2 Å². The van der Waals surface area contributed by atoms with Crippen molar-refractivity contribution < 1.29 is 28.3 Å². The molecule has 4 N–H and O–H groups in total. The van der Waals surface area contributed by atoms with Gasteiger partial charge in [-0.3, -0.25) is 20.3 Å². The number of rotatable bonds is 8. The lowest BCUT2D eigenvalue weighted by Gasteiger charge is -2.12. The number of nitro groups is 1.